The molecule has 0 saturated carbocycles. The maximum Gasteiger partial charge on any atom is 0.0972 e. The highest BCUT2D eigenvalue weighted by atomic mass is 35.5. The van der Waals surface area contributed by atoms with Crippen molar-refractivity contribution in [1.82, 2.24) is 4.90 Å². The van der Waals surface area contributed by atoms with E-state index in [-0.39, 0.29) is 5.92 Å². The zero-order chi connectivity index (χ0) is 15.4. The molecule has 0 aromatic heterocycles. The van der Waals surface area contributed by atoms with E-state index in [2.05, 4.69) is 24.3 Å². The third-order valence-electron chi connectivity index (χ3n) is 3.68. The Balaban J connectivity index is 1.80. The Morgan fingerprint density at radius 3 is 2.45 bits per heavy atom. The third-order valence-corrected chi connectivity index (χ3v) is 3.93. The highest BCUT2D eigenvalue weighted by Crippen LogP contribution is 2.30. The number of hydrogen-bond donors (Lipinski definition) is 0. The standard InChI is InChI=1S/C19H15ClN2/c20-18-8-6-16(7-9-18)19-10-11-22(14-17(19)12-21)13-15-4-2-1-3-5-15/h1-11,14,19H,13H2. The molecule has 0 bridgehead atoms. The molecule has 1 atom stereocenters. The largest absolute Gasteiger partial charge is 0.349 e. The molecule has 2 aromatic carbocycles. The second-order valence-electron chi connectivity index (χ2n) is 5.22. The van der Waals surface area contributed by atoms with E-state index in [1.807, 2.05) is 59.8 Å². The Bertz CT molecular complexity index is 739. The molecule has 0 amide bonds. The van der Waals surface area contributed by atoms with Crippen molar-refractivity contribution >= 4 is 11.6 Å². The second kappa shape index (κ2) is 6.51. The van der Waals surface area contributed by atoms with Crippen molar-refractivity contribution in [3.8, 4) is 6.07 Å². The van der Waals surface area contributed by atoms with E-state index in [4.69, 9.17) is 11.6 Å². The Hall–Kier alpha value is -2.50. The van der Waals surface area contributed by atoms with E-state index >= 15 is 0 Å². The molecule has 0 radical (unpaired) electrons. The van der Waals surface area contributed by atoms with Crippen LogP contribution in [-0.2, 0) is 6.54 Å². The highest BCUT2D eigenvalue weighted by molar-refractivity contribution is 6.30. The zero-order valence-corrected chi connectivity index (χ0v) is 12.7. The van der Waals surface area contributed by atoms with Crippen molar-refractivity contribution < 1.29 is 0 Å². The minimum Gasteiger partial charge on any atom is -0.349 e. The van der Waals surface area contributed by atoms with Gasteiger partial charge in [0, 0.05) is 29.9 Å². The average molecular weight is 307 g/mol. The van der Waals surface area contributed by atoms with Gasteiger partial charge in [-0.1, -0.05) is 60.1 Å². The van der Waals surface area contributed by atoms with Gasteiger partial charge in [0.1, 0.15) is 0 Å². The van der Waals surface area contributed by atoms with Crippen molar-refractivity contribution in [2.75, 3.05) is 0 Å². The van der Waals surface area contributed by atoms with Crippen molar-refractivity contribution in [2.24, 2.45) is 0 Å². The second-order valence-corrected chi connectivity index (χ2v) is 5.66. The molecule has 1 aliphatic heterocycles. The van der Waals surface area contributed by atoms with Crippen LogP contribution in [0.4, 0.5) is 0 Å². The molecule has 3 heteroatoms. The zero-order valence-electron chi connectivity index (χ0n) is 12.0. The van der Waals surface area contributed by atoms with E-state index in [0.29, 0.717) is 5.02 Å². The van der Waals surface area contributed by atoms with Crippen LogP contribution in [0.15, 0.2) is 78.6 Å². The van der Waals surface area contributed by atoms with Gasteiger partial charge in [0.25, 0.3) is 0 Å². The molecule has 108 valence electrons. The summed E-state index contributed by atoms with van der Waals surface area (Å²) >= 11 is 5.93. The number of nitrogens with zero attached hydrogens (tertiary/aromatic N) is 2. The third kappa shape index (κ3) is 3.21. The quantitative estimate of drug-likeness (QED) is 0.809. The molecule has 2 aromatic rings. The van der Waals surface area contributed by atoms with Gasteiger partial charge in [-0.05, 0) is 23.3 Å². The molecule has 0 aliphatic carbocycles. The van der Waals surface area contributed by atoms with E-state index < -0.39 is 0 Å². The number of allylic oxidation sites excluding steroid dienone is 2. The van der Waals surface area contributed by atoms with Gasteiger partial charge in [-0.3, -0.25) is 0 Å². The summed E-state index contributed by atoms with van der Waals surface area (Å²) in [6.45, 7) is 0.760. The molecule has 3 rings (SSSR count). The van der Waals surface area contributed by atoms with Crippen molar-refractivity contribution in [3.05, 3.63) is 94.8 Å². The van der Waals surface area contributed by atoms with Gasteiger partial charge < -0.3 is 4.90 Å². The van der Waals surface area contributed by atoms with Crippen LogP contribution in [0.1, 0.15) is 17.0 Å². The van der Waals surface area contributed by atoms with Crippen LogP contribution in [0.25, 0.3) is 0 Å². The molecule has 22 heavy (non-hydrogen) atoms. The normalized spacial score (nSPS) is 17.0. The minimum atomic E-state index is -0.00529. The smallest absolute Gasteiger partial charge is 0.0972 e. The van der Waals surface area contributed by atoms with Gasteiger partial charge in [-0.15, -0.1) is 0 Å². The monoisotopic (exact) mass is 306 g/mol. The first-order chi connectivity index (χ1) is 10.8. The number of halogens is 1. The Labute approximate surface area is 135 Å². The molecule has 2 nitrogen and oxygen atoms in total. The van der Waals surface area contributed by atoms with Crippen LogP contribution >= 0.6 is 11.6 Å². The fourth-order valence-corrected chi connectivity index (χ4v) is 2.68. The van der Waals surface area contributed by atoms with Crippen LogP contribution in [0.2, 0.25) is 5.02 Å². The summed E-state index contributed by atoms with van der Waals surface area (Å²) in [6.07, 6.45) is 6.02. The fraction of sp³-hybridized carbons (Fsp3) is 0.105. The summed E-state index contributed by atoms with van der Waals surface area (Å²) in [4.78, 5) is 2.04. The minimum absolute atomic E-state index is 0.00529. The summed E-state index contributed by atoms with van der Waals surface area (Å²) in [5.74, 6) is -0.00529. The first kappa shape index (κ1) is 14.4. The van der Waals surface area contributed by atoms with Crippen LogP contribution in [-0.4, -0.2) is 4.90 Å². The first-order valence-corrected chi connectivity index (χ1v) is 7.49. The Morgan fingerprint density at radius 1 is 1.05 bits per heavy atom. The predicted octanol–water partition coefficient (Wildman–Crippen LogP) is 4.86. The van der Waals surface area contributed by atoms with Crippen LogP contribution < -0.4 is 0 Å². The van der Waals surface area contributed by atoms with Crippen molar-refractivity contribution in [3.63, 3.8) is 0 Å². The lowest BCUT2D eigenvalue weighted by Gasteiger charge is -2.24. The van der Waals surface area contributed by atoms with E-state index in [9.17, 15) is 5.26 Å². The topological polar surface area (TPSA) is 27.0 Å². The predicted molar refractivity (Wildman–Crippen MR) is 89.0 cm³/mol. The highest BCUT2D eigenvalue weighted by Gasteiger charge is 2.18. The van der Waals surface area contributed by atoms with E-state index in [0.717, 1.165) is 17.7 Å². The van der Waals surface area contributed by atoms with Crippen LogP contribution in [0, 0.1) is 11.3 Å². The SMILES string of the molecule is N#CC1=CN(Cc2ccccc2)C=CC1c1ccc(Cl)cc1. The number of nitriles is 1. The van der Waals surface area contributed by atoms with Gasteiger partial charge in [0.05, 0.1) is 11.6 Å². The fourth-order valence-electron chi connectivity index (χ4n) is 2.55. The summed E-state index contributed by atoms with van der Waals surface area (Å²) in [5, 5.41) is 10.2. The van der Waals surface area contributed by atoms with Gasteiger partial charge >= 0.3 is 0 Å². The lowest BCUT2D eigenvalue weighted by Crippen LogP contribution is -2.16. The lowest BCUT2D eigenvalue weighted by atomic mass is 9.90. The van der Waals surface area contributed by atoms with Crippen LogP contribution in [0.3, 0.4) is 0 Å². The van der Waals surface area contributed by atoms with Gasteiger partial charge in [0.2, 0.25) is 0 Å². The lowest BCUT2D eigenvalue weighted by molar-refractivity contribution is 0.485. The Morgan fingerprint density at radius 2 is 1.77 bits per heavy atom. The van der Waals surface area contributed by atoms with E-state index in [1.165, 1.54) is 5.56 Å². The summed E-state index contributed by atoms with van der Waals surface area (Å²) < 4.78 is 0. The number of hydrogen-bond acceptors (Lipinski definition) is 2. The molecule has 1 aliphatic rings. The average Bonchev–Trinajstić information content (AvgIpc) is 2.56. The molecule has 0 spiro atoms. The van der Waals surface area contributed by atoms with E-state index in [1.54, 1.807) is 0 Å². The summed E-state index contributed by atoms with van der Waals surface area (Å²) in [5.41, 5.74) is 3.03. The molecular weight excluding hydrogens is 292 g/mol. The molecular formula is C19H15ClN2. The van der Waals surface area contributed by atoms with Crippen molar-refractivity contribution in [2.45, 2.75) is 12.5 Å². The molecule has 1 unspecified atom stereocenters. The van der Waals surface area contributed by atoms with Crippen molar-refractivity contribution in [1.29, 1.82) is 5.26 Å². The van der Waals surface area contributed by atoms with Gasteiger partial charge in [0.15, 0.2) is 0 Å². The number of benzene rings is 2. The molecule has 0 saturated heterocycles. The van der Waals surface area contributed by atoms with Crippen LogP contribution in [0.5, 0.6) is 0 Å². The maximum atomic E-state index is 9.46. The molecule has 0 fully saturated rings. The first-order valence-electron chi connectivity index (χ1n) is 7.11. The number of rotatable bonds is 3. The van der Waals surface area contributed by atoms with Gasteiger partial charge in [-0.2, -0.15) is 5.26 Å². The van der Waals surface area contributed by atoms with Gasteiger partial charge in [-0.25, -0.2) is 0 Å². The Kier molecular flexibility index (Phi) is 4.27. The maximum absolute atomic E-state index is 9.46. The summed E-state index contributed by atoms with van der Waals surface area (Å²) in [7, 11) is 0. The summed E-state index contributed by atoms with van der Waals surface area (Å²) in [6, 6.07) is 20.2. The molecule has 0 N–H and O–H groups in total. The molecule has 1 heterocycles.